The molecule has 0 saturated carbocycles. The summed E-state index contributed by atoms with van der Waals surface area (Å²) in [6, 6.07) is 6.78. The van der Waals surface area contributed by atoms with E-state index in [0.717, 1.165) is 0 Å². The smallest absolute Gasteiger partial charge is 0.258 e. The van der Waals surface area contributed by atoms with Gasteiger partial charge in [-0.2, -0.15) is 0 Å². The maximum Gasteiger partial charge on any atom is 0.258 e. The average Bonchev–Trinajstić information content (AvgIpc) is 2.46. The number of nitrogens with one attached hydrogen (secondary N) is 1. The second-order valence-corrected chi connectivity index (χ2v) is 4.28. The van der Waals surface area contributed by atoms with Crippen molar-refractivity contribution in [3.8, 4) is 0 Å². The van der Waals surface area contributed by atoms with E-state index in [1.165, 1.54) is 11.0 Å². The minimum Gasteiger partial charge on any atom is -0.373 e. The van der Waals surface area contributed by atoms with Crippen LogP contribution in [0.4, 0.5) is 11.5 Å². The molecule has 6 heteroatoms. The Morgan fingerprint density at radius 3 is 2.84 bits per heavy atom. The predicted molar refractivity (Wildman–Crippen MR) is 75.8 cm³/mol. The zero-order chi connectivity index (χ0) is 13.8. The van der Waals surface area contributed by atoms with Crippen LogP contribution in [-0.4, -0.2) is 30.0 Å². The first-order valence-electron chi connectivity index (χ1n) is 5.65. The molecule has 0 saturated heterocycles. The number of anilines is 2. The van der Waals surface area contributed by atoms with E-state index in [-0.39, 0.29) is 11.1 Å². The number of rotatable bonds is 3. The van der Waals surface area contributed by atoms with Gasteiger partial charge in [0.05, 0.1) is 11.9 Å². The van der Waals surface area contributed by atoms with Crippen molar-refractivity contribution < 1.29 is 4.79 Å². The van der Waals surface area contributed by atoms with E-state index >= 15 is 0 Å². The Kier molecular flexibility index (Phi) is 3.97. The molecule has 0 aliphatic rings. The van der Waals surface area contributed by atoms with Gasteiger partial charge in [-0.1, -0.05) is 11.6 Å². The van der Waals surface area contributed by atoms with Crippen molar-refractivity contribution in [1.82, 2.24) is 9.97 Å². The molecule has 2 heterocycles. The number of halogens is 1. The van der Waals surface area contributed by atoms with E-state index in [9.17, 15) is 4.79 Å². The van der Waals surface area contributed by atoms with Crippen LogP contribution in [0.1, 0.15) is 10.4 Å². The van der Waals surface area contributed by atoms with Gasteiger partial charge in [0, 0.05) is 25.9 Å². The molecule has 0 aliphatic heterocycles. The Morgan fingerprint density at radius 2 is 2.21 bits per heavy atom. The van der Waals surface area contributed by atoms with Crippen LogP contribution in [0.25, 0.3) is 0 Å². The Bertz CT molecular complexity index is 588. The van der Waals surface area contributed by atoms with Gasteiger partial charge in [0.2, 0.25) is 0 Å². The van der Waals surface area contributed by atoms with Crippen molar-refractivity contribution in [2.24, 2.45) is 0 Å². The quantitative estimate of drug-likeness (QED) is 0.875. The first-order valence-corrected chi connectivity index (χ1v) is 6.03. The lowest BCUT2D eigenvalue weighted by Gasteiger charge is -2.17. The molecule has 0 aromatic carbocycles. The predicted octanol–water partition coefficient (Wildman–Crippen LogP) is 2.45. The Labute approximate surface area is 116 Å². The van der Waals surface area contributed by atoms with Crippen molar-refractivity contribution >= 4 is 29.0 Å². The topological polar surface area (TPSA) is 58.1 Å². The average molecular weight is 277 g/mol. The SMILES string of the molecule is CNc1cc(C(=O)N(C)c2cccnc2)cc(Cl)n1. The van der Waals surface area contributed by atoms with Crippen LogP contribution in [0.5, 0.6) is 0 Å². The summed E-state index contributed by atoms with van der Waals surface area (Å²) in [5.74, 6) is 0.379. The van der Waals surface area contributed by atoms with E-state index in [1.807, 2.05) is 6.07 Å². The van der Waals surface area contributed by atoms with Gasteiger partial charge >= 0.3 is 0 Å². The first-order chi connectivity index (χ1) is 9.11. The van der Waals surface area contributed by atoms with Crippen LogP contribution in [0.15, 0.2) is 36.7 Å². The number of hydrogen-bond acceptors (Lipinski definition) is 4. The maximum atomic E-state index is 12.3. The fourth-order valence-corrected chi connectivity index (χ4v) is 1.82. The van der Waals surface area contributed by atoms with Gasteiger partial charge < -0.3 is 10.2 Å². The summed E-state index contributed by atoms with van der Waals surface area (Å²) in [5.41, 5.74) is 1.18. The van der Waals surface area contributed by atoms with Crippen molar-refractivity contribution in [2.75, 3.05) is 24.3 Å². The van der Waals surface area contributed by atoms with Gasteiger partial charge in [-0.05, 0) is 24.3 Å². The molecule has 0 bridgehead atoms. The molecule has 0 aliphatic carbocycles. The summed E-state index contributed by atoms with van der Waals surface area (Å²) in [4.78, 5) is 21.9. The third kappa shape index (κ3) is 3.00. The number of amides is 1. The third-order valence-corrected chi connectivity index (χ3v) is 2.83. The minimum atomic E-state index is -0.172. The highest BCUT2D eigenvalue weighted by Gasteiger charge is 2.15. The summed E-state index contributed by atoms with van der Waals surface area (Å²) in [6.45, 7) is 0. The lowest BCUT2D eigenvalue weighted by molar-refractivity contribution is 0.0993. The van der Waals surface area contributed by atoms with Crippen LogP contribution in [0.3, 0.4) is 0 Å². The van der Waals surface area contributed by atoms with Gasteiger partial charge in [-0.3, -0.25) is 9.78 Å². The zero-order valence-corrected chi connectivity index (χ0v) is 11.3. The Morgan fingerprint density at radius 1 is 1.42 bits per heavy atom. The summed E-state index contributed by atoms with van der Waals surface area (Å²) >= 11 is 5.89. The number of pyridine rings is 2. The fraction of sp³-hybridized carbons (Fsp3) is 0.154. The van der Waals surface area contributed by atoms with Gasteiger partial charge in [-0.25, -0.2) is 4.98 Å². The zero-order valence-electron chi connectivity index (χ0n) is 10.6. The third-order valence-electron chi connectivity index (χ3n) is 2.64. The number of aromatic nitrogens is 2. The number of carbonyl (C=O) groups is 1. The summed E-state index contributed by atoms with van der Waals surface area (Å²) in [7, 11) is 3.41. The van der Waals surface area contributed by atoms with Crippen LogP contribution in [-0.2, 0) is 0 Å². The minimum absolute atomic E-state index is 0.172. The number of hydrogen-bond donors (Lipinski definition) is 1. The van der Waals surface area contributed by atoms with Gasteiger partial charge in [-0.15, -0.1) is 0 Å². The van der Waals surface area contributed by atoms with Gasteiger partial charge in [0.25, 0.3) is 5.91 Å². The monoisotopic (exact) mass is 276 g/mol. The second-order valence-electron chi connectivity index (χ2n) is 3.89. The molecular formula is C13H13ClN4O. The van der Waals surface area contributed by atoms with Crippen LogP contribution in [0.2, 0.25) is 5.15 Å². The Hall–Kier alpha value is -2.14. The van der Waals surface area contributed by atoms with E-state index in [0.29, 0.717) is 17.1 Å². The molecule has 5 nitrogen and oxygen atoms in total. The van der Waals surface area contributed by atoms with E-state index in [1.54, 1.807) is 38.6 Å². The van der Waals surface area contributed by atoms with E-state index < -0.39 is 0 Å². The lowest BCUT2D eigenvalue weighted by atomic mass is 10.2. The molecule has 1 N–H and O–H groups in total. The molecule has 0 spiro atoms. The normalized spacial score (nSPS) is 10.1. The van der Waals surface area contributed by atoms with Crippen molar-refractivity contribution in [2.45, 2.75) is 0 Å². The van der Waals surface area contributed by atoms with E-state index in [2.05, 4.69) is 15.3 Å². The standard InChI is InChI=1S/C13H13ClN4O/c1-15-12-7-9(6-11(14)17-12)13(19)18(2)10-4-3-5-16-8-10/h3-8H,1-2H3,(H,15,17). The van der Waals surface area contributed by atoms with Crippen LogP contribution in [0, 0.1) is 0 Å². The maximum absolute atomic E-state index is 12.3. The van der Waals surface area contributed by atoms with Crippen molar-refractivity contribution in [3.63, 3.8) is 0 Å². The first kappa shape index (κ1) is 13.3. The van der Waals surface area contributed by atoms with Crippen molar-refractivity contribution in [3.05, 3.63) is 47.4 Å². The molecule has 0 atom stereocenters. The molecule has 2 aromatic rings. The molecular weight excluding hydrogens is 264 g/mol. The molecule has 0 radical (unpaired) electrons. The molecule has 0 unspecified atom stereocenters. The largest absolute Gasteiger partial charge is 0.373 e. The number of nitrogens with zero attached hydrogens (tertiary/aromatic N) is 3. The molecule has 2 rings (SSSR count). The number of carbonyl (C=O) groups excluding carboxylic acids is 1. The summed E-state index contributed by atoms with van der Waals surface area (Å²) in [6.07, 6.45) is 3.28. The molecule has 19 heavy (non-hydrogen) atoms. The highest BCUT2D eigenvalue weighted by molar-refractivity contribution is 6.30. The molecule has 98 valence electrons. The lowest BCUT2D eigenvalue weighted by Crippen LogP contribution is -2.26. The van der Waals surface area contributed by atoms with Crippen molar-refractivity contribution in [1.29, 1.82) is 0 Å². The van der Waals surface area contributed by atoms with E-state index in [4.69, 9.17) is 11.6 Å². The molecule has 1 amide bonds. The van der Waals surface area contributed by atoms with Crippen LogP contribution >= 0.6 is 11.6 Å². The Balaban J connectivity index is 2.31. The highest BCUT2D eigenvalue weighted by Crippen LogP contribution is 2.18. The fourth-order valence-electron chi connectivity index (χ4n) is 1.61. The second kappa shape index (κ2) is 5.67. The molecule has 2 aromatic heterocycles. The van der Waals surface area contributed by atoms with Gasteiger partial charge in [0.15, 0.2) is 0 Å². The summed E-state index contributed by atoms with van der Waals surface area (Å²) in [5, 5.41) is 3.14. The summed E-state index contributed by atoms with van der Waals surface area (Å²) < 4.78 is 0. The van der Waals surface area contributed by atoms with Gasteiger partial charge in [0.1, 0.15) is 11.0 Å². The molecule has 0 fully saturated rings. The highest BCUT2D eigenvalue weighted by atomic mass is 35.5. The van der Waals surface area contributed by atoms with Crippen LogP contribution < -0.4 is 10.2 Å².